The molecule has 1 atom stereocenters. The highest BCUT2D eigenvalue weighted by Crippen LogP contribution is 2.27. The Bertz CT molecular complexity index is 559. The Kier molecular flexibility index (Phi) is 3.55. The van der Waals surface area contributed by atoms with Crippen molar-refractivity contribution >= 4 is 16.9 Å². The van der Waals surface area contributed by atoms with Gasteiger partial charge in [-0.2, -0.15) is 0 Å². The van der Waals surface area contributed by atoms with E-state index in [0.29, 0.717) is 13.2 Å². The molecule has 1 aromatic heterocycles. The van der Waals surface area contributed by atoms with Gasteiger partial charge in [-0.1, -0.05) is 13.0 Å². The van der Waals surface area contributed by atoms with Gasteiger partial charge in [-0.25, -0.2) is 0 Å². The zero-order chi connectivity index (χ0) is 13.1. The number of ether oxygens (including phenoxy) is 1. The zero-order valence-electron chi connectivity index (χ0n) is 10.6. The van der Waals surface area contributed by atoms with Gasteiger partial charge < -0.3 is 14.4 Å². The lowest BCUT2D eigenvalue weighted by atomic mass is 10.2. The first-order chi connectivity index (χ1) is 8.63. The molecule has 1 N–H and O–H groups in total. The topological polar surface area (TPSA) is 51.5 Å². The number of hydrogen-bond acceptors (Lipinski definition) is 2. The minimum Gasteiger partial charge on any atom is -0.493 e. The monoisotopic (exact) mass is 247 g/mol. The fourth-order valence-electron chi connectivity index (χ4n) is 2.01. The summed E-state index contributed by atoms with van der Waals surface area (Å²) in [5, 5.41) is 9.98. The third-order valence-corrected chi connectivity index (χ3v) is 2.97. The van der Waals surface area contributed by atoms with Crippen molar-refractivity contribution in [3.63, 3.8) is 0 Å². The van der Waals surface area contributed by atoms with E-state index in [4.69, 9.17) is 9.84 Å². The van der Waals surface area contributed by atoms with Crippen LogP contribution in [0.1, 0.15) is 13.8 Å². The van der Waals surface area contributed by atoms with Gasteiger partial charge in [-0.15, -0.1) is 0 Å². The Morgan fingerprint density at radius 1 is 1.44 bits per heavy atom. The molecule has 0 fully saturated rings. The van der Waals surface area contributed by atoms with E-state index in [0.717, 1.165) is 16.7 Å². The summed E-state index contributed by atoms with van der Waals surface area (Å²) < 4.78 is 7.51. The van der Waals surface area contributed by atoms with Crippen LogP contribution in [0.4, 0.5) is 0 Å². The average molecular weight is 247 g/mol. The SMILES string of the molecule is CCOc1cccc2c1ccn2CC(C)C(=O)O. The molecule has 4 heteroatoms. The number of carbonyl (C=O) groups is 1. The van der Waals surface area contributed by atoms with Crippen molar-refractivity contribution in [1.82, 2.24) is 4.57 Å². The lowest BCUT2D eigenvalue weighted by molar-refractivity contribution is -0.141. The van der Waals surface area contributed by atoms with Gasteiger partial charge in [0.1, 0.15) is 5.75 Å². The number of fused-ring (bicyclic) bond motifs is 1. The molecule has 0 radical (unpaired) electrons. The molecule has 2 aromatic rings. The summed E-state index contributed by atoms with van der Waals surface area (Å²) >= 11 is 0. The van der Waals surface area contributed by atoms with Crippen LogP contribution in [0.2, 0.25) is 0 Å². The van der Waals surface area contributed by atoms with E-state index < -0.39 is 11.9 Å². The number of aliphatic carboxylic acids is 1. The molecule has 2 rings (SSSR count). The molecule has 0 aliphatic rings. The van der Waals surface area contributed by atoms with Gasteiger partial charge in [0.05, 0.1) is 18.0 Å². The molecule has 0 saturated heterocycles. The molecule has 1 aromatic carbocycles. The quantitative estimate of drug-likeness (QED) is 0.883. The van der Waals surface area contributed by atoms with Crippen molar-refractivity contribution in [2.45, 2.75) is 20.4 Å². The Morgan fingerprint density at radius 3 is 2.89 bits per heavy atom. The Labute approximate surface area is 106 Å². The van der Waals surface area contributed by atoms with Crippen LogP contribution in [0, 0.1) is 5.92 Å². The fourth-order valence-corrected chi connectivity index (χ4v) is 2.01. The molecule has 0 amide bonds. The predicted octanol–water partition coefficient (Wildman–Crippen LogP) is 2.76. The largest absolute Gasteiger partial charge is 0.493 e. The number of carboxylic acids is 1. The lowest BCUT2D eigenvalue weighted by Crippen LogP contribution is -2.16. The van der Waals surface area contributed by atoms with Gasteiger partial charge in [-0.3, -0.25) is 4.79 Å². The normalized spacial score (nSPS) is 12.6. The number of carboxylic acid groups (broad SMARTS) is 1. The number of benzene rings is 1. The minimum absolute atomic E-state index is 0.406. The highest BCUT2D eigenvalue weighted by Gasteiger charge is 2.13. The third-order valence-electron chi connectivity index (χ3n) is 2.97. The smallest absolute Gasteiger partial charge is 0.308 e. The zero-order valence-corrected chi connectivity index (χ0v) is 10.6. The van der Waals surface area contributed by atoms with E-state index in [1.54, 1.807) is 6.92 Å². The van der Waals surface area contributed by atoms with Crippen molar-refractivity contribution in [3.05, 3.63) is 30.5 Å². The van der Waals surface area contributed by atoms with Crippen LogP contribution in [0.5, 0.6) is 5.75 Å². The highest BCUT2D eigenvalue weighted by atomic mass is 16.5. The van der Waals surface area contributed by atoms with Gasteiger partial charge in [0.15, 0.2) is 0 Å². The summed E-state index contributed by atoms with van der Waals surface area (Å²) in [6, 6.07) is 7.80. The summed E-state index contributed by atoms with van der Waals surface area (Å²) in [4.78, 5) is 10.9. The van der Waals surface area contributed by atoms with E-state index in [9.17, 15) is 4.79 Å². The summed E-state index contributed by atoms with van der Waals surface area (Å²) in [7, 11) is 0. The van der Waals surface area contributed by atoms with Crippen molar-refractivity contribution in [2.24, 2.45) is 5.92 Å². The van der Waals surface area contributed by atoms with Crippen LogP contribution in [0.25, 0.3) is 10.9 Å². The molecule has 0 aliphatic heterocycles. The molecule has 1 heterocycles. The molecular formula is C14H17NO3. The van der Waals surface area contributed by atoms with E-state index in [1.807, 2.05) is 42.0 Å². The van der Waals surface area contributed by atoms with Gasteiger partial charge in [-0.05, 0) is 25.1 Å². The second-order valence-corrected chi connectivity index (χ2v) is 4.33. The standard InChI is InChI=1S/C14H17NO3/c1-3-18-13-6-4-5-12-11(13)7-8-15(12)9-10(2)14(16)17/h4-8,10H,3,9H2,1-2H3,(H,16,17). The summed E-state index contributed by atoms with van der Waals surface area (Å²) in [5.41, 5.74) is 1.01. The van der Waals surface area contributed by atoms with Crippen molar-refractivity contribution in [1.29, 1.82) is 0 Å². The van der Waals surface area contributed by atoms with E-state index in [1.165, 1.54) is 0 Å². The Balaban J connectivity index is 2.36. The van der Waals surface area contributed by atoms with Gasteiger partial charge >= 0.3 is 5.97 Å². The Morgan fingerprint density at radius 2 is 2.22 bits per heavy atom. The third kappa shape index (κ3) is 2.32. The Hall–Kier alpha value is -1.97. The second kappa shape index (κ2) is 5.12. The van der Waals surface area contributed by atoms with Crippen molar-refractivity contribution < 1.29 is 14.6 Å². The summed E-state index contributed by atoms with van der Waals surface area (Å²) in [6.07, 6.45) is 1.91. The molecule has 0 spiro atoms. The number of rotatable bonds is 5. The predicted molar refractivity (Wildman–Crippen MR) is 69.9 cm³/mol. The number of nitrogens with zero attached hydrogens (tertiary/aromatic N) is 1. The summed E-state index contributed by atoms with van der Waals surface area (Å²) in [5.74, 6) is -0.342. The number of aromatic nitrogens is 1. The van der Waals surface area contributed by atoms with Gasteiger partial charge in [0.25, 0.3) is 0 Å². The number of hydrogen-bond donors (Lipinski definition) is 1. The van der Waals surface area contributed by atoms with Crippen LogP contribution in [0.3, 0.4) is 0 Å². The van der Waals surface area contributed by atoms with E-state index >= 15 is 0 Å². The maximum Gasteiger partial charge on any atom is 0.308 e. The summed E-state index contributed by atoms with van der Waals surface area (Å²) in [6.45, 7) is 4.74. The van der Waals surface area contributed by atoms with Gasteiger partial charge in [0, 0.05) is 18.1 Å². The van der Waals surface area contributed by atoms with E-state index in [-0.39, 0.29) is 0 Å². The van der Waals surface area contributed by atoms with Crippen LogP contribution in [0.15, 0.2) is 30.5 Å². The van der Waals surface area contributed by atoms with Gasteiger partial charge in [0.2, 0.25) is 0 Å². The van der Waals surface area contributed by atoms with Crippen LogP contribution < -0.4 is 4.74 Å². The lowest BCUT2D eigenvalue weighted by Gasteiger charge is -2.10. The molecule has 0 aliphatic carbocycles. The highest BCUT2D eigenvalue weighted by molar-refractivity contribution is 5.86. The molecule has 0 saturated carbocycles. The first-order valence-electron chi connectivity index (χ1n) is 6.07. The molecule has 4 nitrogen and oxygen atoms in total. The first kappa shape index (κ1) is 12.5. The molecule has 0 bridgehead atoms. The minimum atomic E-state index is -0.780. The molecule has 18 heavy (non-hydrogen) atoms. The van der Waals surface area contributed by atoms with Crippen molar-refractivity contribution in [3.8, 4) is 5.75 Å². The molecule has 96 valence electrons. The van der Waals surface area contributed by atoms with E-state index in [2.05, 4.69) is 0 Å². The van der Waals surface area contributed by atoms with Crippen molar-refractivity contribution in [2.75, 3.05) is 6.61 Å². The molecular weight excluding hydrogens is 230 g/mol. The first-order valence-corrected chi connectivity index (χ1v) is 6.07. The van der Waals surface area contributed by atoms with Crippen LogP contribution in [-0.2, 0) is 11.3 Å². The average Bonchev–Trinajstić information content (AvgIpc) is 2.74. The fraction of sp³-hybridized carbons (Fsp3) is 0.357. The van der Waals surface area contributed by atoms with Crippen LogP contribution in [-0.4, -0.2) is 22.2 Å². The second-order valence-electron chi connectivity index (χ2n) is 4.33. The molecule has 1 unspecified atom stereocenters. The van der Waals surface area contributed by atoms with Crippen LogP contribution >= 0.6 is 0 Å². The maximum atomic E-state index is 10.9. The maximum absolute atomic E-state index is 10.9.